The first kappa shape index (κ1) is 19.2. The van der Waals surface area contributed by atoms with Crippen molar-refractivity contribution in [3.63, 3.8) is 0 Å². The molecule has 0 saturated carbocycles. The minimum Gasteiger partial charge on any atom is -0.385 e. The molecule has 1 fully saturated rings. The van der Waals surface area contributed by atoms with Crippen LogP contribution in [0.4, 0.5) is 10.6 Å². The summed E-state index contributed by atoms with van der Waals surface area (Å²) >= 11 is 0. The zero-order valence-electron chi connectivity index (χ0n) is 16.0. The molecule has 8 nitrogen and oxygen atoms in total. The Kier molecular flexibility index (Phi) is 6.28. The Labute approximate surface area is 158 Å². The molecule has 1 N–H and O–H groups in total. The number of nitrogens with one attached hydrogen (secondary N) is 1. The van der Waals surface area contributed by atoms with E-state index in [1.807, 2.05) is 36.1 Å². The van der Waals surface area contributed by atoms with Gasteiger partial charge in [0.15, 0.2) is 5.82 Å². The summed E-state index contributed by atoms with van der Waals surface area (Å²) in [6.45, 7) is 6.10. The Morgan fingerprint density at radius 2 is 1.96 bits per heavy atom. The molecule has 2 amide bonds. The highest BCUT2D eigenvalue weighted by Gasteiger charge is 2.24. The van der Waals surface area contributed by atoms with Crippen LogP contribution in [-0.4, -0.2) is 66.9 Å². The lowest BCUT2D eigenvalue weighted by Gasteiger charge is -2.35. The van der Waals surface area contributed by atoms with E-state index >= 15 is 0 Å². The van der Waals surface area contributed by atoms with Crippen molar-refractivity contribution >= 4 is 22.9 Å². The van der Waals surface area contributed by atoms with Crippen molar-refractivity contribution < 1.29 is 9.53 Å². The lowest BCUT2D eigenvalue weighted by Crippen LogP contribution is -2.53. The fourth-order valence-electron chi connectivity index (χ4n) is 3.34. The van der Waals surface area contributed by atoms with E-state index in [0.717, 1.165) is 17.5 Å². The average Bonchev–Trinajstić information content (AvgIpc) is 2.71. The van der Waals surface area contributed by atoms with E-state index in [1.165, 1.54) is 0 Å². The lowest BCUT2D eigenvalue weighted by atomic mass is 10.2. The normalized spacial score (nSPS) is 14.6. The molecule has 1 aliphatic rings. The van der Waals surface area contributed by atoms with Crippen LogP contribution < -0.4 is 15.8 Å². The van der Waals surface area contributed by atoms with E-state index in [4.69, 9.17) is 4.74 Å². The number of para-hydroxylation sites is 2. The Balaban J connectivity index is 1.68. The third-order valence-electron chi connectivity index (χ3n) is 4.82. The van der Waals surface area contributed by atoms with Gasteiger partial charge in [-0.3, -0.25) is 4.79 Å². The first-order valence-electron chi connectivity index (χ1n) is 9.42. The number of urea groups is 1. The molecule has 27 heavy (non-hydrogen) atoms. The summed E-state index contributed by atoms with van der Waals surface area (Å²) < 4.78 is 6.74. The van der Waals surface area contributed by atoms with E-state index < -0.39 is 0 Å². The second-order valence-corrected chi connectivity index (χ2v) is 6.53. The van der Waals surface area contributed by atoms with Gasteiger partial charge >= 0.3 is 6.03 Å². The second kappa shape index (κ2) is 8.85. The van der Waals surface area contributed by atoms with Crippen LogP contribution in [0.1, 0.15) is 13.3 Å². The van der Waals surface area contributed by atoms with Crippen molar-refractivity contribution in [3.8, 4) is 0 Å². The molecule has 146 valence electrons. The maximum absolute atomic E-state index is 12.9. The van der Waals surface area contributed by atoms with Gasteiger partial charge in [0.25, 0.3) is 5.56 Å². The van der Waals surface area contributed by atoms with Crippen molar-refractivity contribution in [1.29, 1.82) is 0 Å². The van der Waals surface area contributed by atoms with Gasteiger partial charge in [-0.05, 0) is 25.5 Å². The van der Waals surface area contributed by atoms with Gasteiger partial charge in [0.05, 0.1) is 11.0 Å². The number of nitrogens with zero attached hydrogens (tertiary/aromatic N) is 4. The van der Waals surface area contributed by atoms with Gasteiger partial charge in [-0.25, -0.2) is 9.78 Å². The first-order chi connectivity index (χ1) is 13.2. The molecule has 8 heteroatoms. The van der Waals surface area contributed by atoms with Crippen molar-refractivity contribution in [2.45, 2.75) is 19.9 Å². The number of carbonyl (C=O) groups excluding carboxylic acids is 1. The van der Waals surface area contributed by atoms with Gasteiger partial charge in [-0.2, -0.15) is 0 Å². The summed E-state index contributed by atoms with van der Waals surface area (Å²) in [5, 5.41) is 2.90. The Bertz CT molecular complexity index is 843. The fourth-order valence-corrected chi connectivity index (χ4v) is 3.34. The number of hydrogen-bond donors (Lipinski definition) is 1. The van der Waals surface area contributed by atoms with E-state index in [2.05, 4.69) is 10.3 Å². The number of anilines is 1. The average molecular weight is 373 g/mol. The summed E-state index contributed by atoms with van der Waals surface area (Å²) in [5.41, 5.74) is 1.59. The molecule has 2 aromatic rings. The van der Waals surface area contributed by atoms with Crippen molar-refractivity contribution in [2.24, 2.45) is 0 Å². The number of rotatable bonds is 6. The maximum atomic E-state index is 12.9. The van der Waals surface area contributed by atoms with Crippen LogP contribution in [0, 0.1) is 0 Å². The molecule has 1 saturated heterocycles. The monoisotopic (exact) mass is 373 g/mol. The number of piperazine rings is 1. The molecule has 1 aromatic heterocycles. The minimum atomic E-state index is -0.0753. The highest BCUT2D eigenvalue weighted by Crippen LogP contribution is 2.16. The maximum Gasteiger partial charge on any atom is 0.317 e. The number of aromatic nitrogens is 2. The predicted molar refractivity (Wildman–Crippen MR) is 105 cm³/mol. The quantitative estimate of drug-likeness (QED) is 0.772. The van der Waals surface area contributed by atoms with Gasteiger partial charge in [-0.15, -0.1) is 0 Å². The van der Waals surface area contributed by atoms with Gasteiger partial charge in [0.2, 0.25) is 0 Å². The molecule has 3 rings (SSSR count). The number of ether oxygens (including phenoxy) is 1. The highest BCUT2D eigenvalue weighted by molar-refractivity contribution is 5.77. The number of carbonyl (C=O) groups is 1. The second-order valence-electron chi connectivity index (χ2n) is 6.53. The first-order valence-corrected chi connectivity index (χ1v) is 9.42. The third kappa shape index (κ3) is 4.21. The Morgan fingerprint density at radius 1 is 1.22 bits per heavy atom. The number of fused-ring (bicyclic) bond motifs is 1. The molecule has 2 heterocycles. The zero-order chi connectivity index (χ0) is 19.2. The van der Waals surface area contributed by atoms with Gasteiger partial charge < -0.3 is 24.4 Å². The smallest absolute Gasteiger partial charge is 0.317 e. The van der Waals surface area contributed by atoms with Crippen LogP contribution in [0.5, 0.6) is 0 Å². The van der Waals surface area contributed by atoms with E-state index in [1.54, 1.807) is 16.6 Å². The summed E-state index contributed by atoms with van der Waals surface area (Å²) in [6.07, 6.45) is 0.791. The summed E-state index contributed by atoms with van der Waals surface area (Å²) in [7, 11) is 1.65. The molecule has 0 unspecified atom stereocenters. The zero-order valence-corrected chi connectivity index (χ0v) is 16.0. The summed E-state index contributed by atoms with van der Waals surface area (Å²) in [5.74, 6) is 0.468. The van der Waals surface area contributed by atoms with Gasteiger partial charge in [-0.1, -0.05) is 12.1 Å². The lowest BCUT2D eigenvalue weighted by molar-refractivity contribution is 0.183. The van der Waals surface area contributed by atoms with Crippen LogP contribution in [-0.2, 0) is 11.3 Å². The largest absolute Gasteiger partial charge is 0.385 e. The van der Waals surface area contributed by atoms with Crippen LogP contribution in [0.25, 0.3) is 11.0 Å². The molecule has 0 spiro atoms. The number of aryl methyl sites for hydroxylation is 1. The summed E-state index contributed by atoms with van der Waals surface area (Å²) in [4.78, 5) is 33.5. The third-order valence-corrected chi connectivity index (χ3v) is 4.82. The van der Waals surface area contributed by atoms with Crippen LogP contribution in [0.2, 0.25) is 0 Å². The van der Waals surface area contributed by atoms with Crippen molar-refractivity contribution in [1.82, 2.24) is 19.8 Å². The van der Waals surface area contributed by atoms with E-state index in [9.17, 15) is 9.59 Å². The summed E-state index contributed by atoms with van der Waals surface area (Å²) in [6, 6.07) is 7.62. The van der Waals surface area contributed by atoms with Crippen LogP contribution >= 0.6 is 0 Å². The number of amides is 2. The minimum absolute atomic E-state index is 0.0665. The SMILES string of the molecule is CCn1c(=O)c(N2CCN(C(=O)NCCCOC)CC2)nc2ccccc21. The standard InChI is InChI=1S/C19H27N5O3/c1-3-24-16-8-5-4-7-15(16)21-17(18(24)25)22-10-12-23(13-11-22)19(26)20-9-6-14-27-2/h4-5,7-8H,3,6,9-14H2,1-2H3,(H,20,26). The molecular formula is C19H27N5O3. The van der Waals surface area contributed by atoms with E-state index in [0.29, 0.717) is 51.7 Å². The molecule has 1 aliphatic heterocycles. The number of benzene rings is 1. The fraction of sp³-hybridized carbons (Fsp3) is 0.526. The predicted octanol–water partition coefficient (Wildman–Crippen LogP) is 1.28. The highest BCUT2D eigenvalue weighted by atomic mass is 16.5. The molecular weight excluding hydrogens is 346 g/mol. The molecule has 0 aliphatic carbocycles. The Hall–Kier alpha value is -2.61. The number of hydrogen-bond acceptors (Lipinski definition) is 5. The van der Waals surface area contributed by atoms with Crippen LogP contribution in [0.3, 0.4) is 0 Å². The number of methoxy groups -OCH3 is 1. The molecule has 0 bridgehead atoms. The molecule has 0 atom stereocenters. The molecule has 1 aromatic carbocycles. The Morgan fingerprint density at radius 3 is 2.67 bits per heavy atom. The van der Waals surface area contributed by atoms with Gasteiger partial charge in [0.1, 0.15) is 0 Å². The topological polar surface area (TPSA) is 79.7 Å². The van der Waals surface area contributed by atoms with Gasteiger partial charge in [0, 0.05) is 53.0 Å². The van der Waals surface area contributed by atoms with Crippen LogP contribution in [0.15, 0.2) is 29.1 Å². The van der Waals surface area contributed by atoms with Crippen molar-refractivity contribution in [2.75, 3.05) is 51.3 Å². The van der Waals surface area contributed by atoms with Crippen molar-refractivity contribution in [3.05, 3.63) is 34.6 Å². The molecule has 0 radical (unpaired) electrons. The van der Waals surface area contributed by atoms with E-state index in [-0.39, 0.29) is 11.6 Å².